The Kier molecular flexibility index (Phi) is 1.75. The van der Waals surface area contributed by atoms with Crippen LogP contribution in [0.2, 0.25) is 0 Å². The Labute approximate surface area is 72.6 Å². The summed E-state index contributed by atoms with van der Waals surface area (Å²) in [5.74, 6) is 1.67. The van der Waals surface area contributed by atoms with Gasteiger partial charge in [-0.2, -0.15) is 0 Å². The lowest BCUT2D eigenvalue weighted by Gasteiger charge is -2.07. The molecule has 0 unspecified atom stereocenters. The van der Waals surface area contributed by atoms with E-state index in [0.29, 0.717) is 0 Å². The molecule has 0 atom stereocenters. The highest BCUT2D eigenvalue weighted by Crippen LogP contribution is 2.42. The molecule has 1 aliphatic carbocycles. The number of methoxy groups -OCH3 is 1. The van der Waals surface area contributed by atoms with Crippen molar-refractivity contribution < 1.29 is 4.74 Å². The van der Waals surface area contributed by atoms with Crippen LogP contribution in [0, 0.1) is 6.92 Å². The van der Waals surface area contributed by atoms with Gasteiger partial charge in [0.1, 0.15) is 5.75 Å². The first-order chi connectivity index (χ1) is 5.83. The summed E-state index contributed by atoms with van der Waals surface area (Å²) in [7, 11) is 1.70. The van der Waals surface area contributed by atoms with E-state index in [4.69, 9.17) is 4.74 Å². The first-order valence-electron chi connectivity index (χ1n) is 4.31. The fraction of sp³-hybridized carbons (Fsp3) is 0.500. The van der Waals surface area contributed by atoms with Crippen molar-refractivity contribution in [3.63, 3.8) is 0 Å². The molecule has 0 aliphatic heterocycles. The van der Waals surface area contributed by atoms with Gasteiger partial charge >= 0.3 is 0 Å². The lowest BCUT2D eigenvalue weighted by molar-refractivity contribution is 0.409. The lowest BCUT2D eigenvalue weighted by Crippen LogP contribution is -1.93. The summed E-state index contributed by atoms with van der Waals surface area (Å²) in [6.45, 7) is 2.11. The molecule has 64 valence electrons. The highest BCUT2D eigenvalue weighted by molar-refractivity contribution is 5.39. The highest BCUT2D eigenvalue weighted by atomic mass is 16.5. The standard InChI is InChI=1S/C10H13NO/c1-7-9(8-3-4-8)5-11-6-10(7)12-2/h5-6,8H,3-4H2,1-2H3. The van der Waals surface area contributed by atoms with Crippen molar-refractivity contribution in [1.29, 1.82) is 0 Å². The number of nitrogens with zero attached hydrogens (tertiary/aromatic N) is 1. The van der Waals surface area contributed by atoms with Crippen molar-refractivity contribution in [3.05, 3.63) is 23.5 Å². The predicted molar refractivity (Wildman–Crippen MR) is 47.5 cm³/mol. The van der Waals surface area contributed by atoms with Crippen molar-refractivity contribution in [2.24, 2.45) is 0 Å². The molecule has 0 radical (unpaired) electrons. The Balaban J connectivity index is 2.40. The maximum absolute atomic E-state index is 5.20. The van der Waals surface area contributed by atoms with E-state index in [1.165, 1.54) is 24.0 Å². The van der Waals surface area contributed by atoms with E-state index < -0.39 is 0 Å². The van der Waals surface area contributed by atoms with Crippen LogP contribution in [0.3, 0.4) is 0 Å². The van der Waals surface area contributed by atoms with Gasteiger partial charge in [-0.05, 0) is 36.8 Å². The second kappa shape index (κ2) is 2.77. The van der Waals surface area contributed by atoms with Gasteiger partial charge in [0.2, 0.25) is 0 Å². The quantitative estimate of drug-likeness (QED) is 0.667. The van der Waals surface area contributed by atoms with Crippen LogP contribution in [0.15, 0.2) is 12.4 Å². The zero-order valence-electron chi connectivity index (χ0n) is 7.50. The van der Waals surface area contributed by atoms with Crippen molar-refractivity contribution in [3.8, 4) is 5.75 Å². The van der Waals surface area contributed by atoms with Crippen molar-refractivity contribution in [1.82, 2.24) is 4.98 Å². The maximum atomic E-state index is 5.20. The van der Waals surface area contributed by atoms with Crippen LogP contribution in [0.25, 0.3) is 0 Å². The molecule has 1 aromatic heterocycles. The van der Waals surface area contributed by atoms with Gasteiger partial charge in [0, 0.05) is 6.20 Å². The normalized spacial score (nSPS) is 16.2. The summed E-state index contributed by atoms with van der Waals surface area (Å²) in [4.78, 5) is 4.15. The Morgan fingerprint density at radius 2 is 2.17 bits per heavy atom. The number of ether oxygens (including phenoxy) is 1. The van der Waals surface area contributed by atoms with E-state index in [9.17, 15) is 0 Å². The summed E-state index contributed by atoms with van der Waals surface area (Å²) >= 11 is 0. The SMILES string of the molecule is COc1cncc(C2CC2)c1C. The van der Waals surface area contributed by atoms with E-state index >= 15 is 0 Å². The number of hydrogen-bond acceptors (Lipinski definition) is 2. The average molecular weight is 163 g/mol. The Hall–Kier alpha value is -1.05. The highest BCUT2D eigenvalue weighted by Gasteiger charge is 2.26. The smallest absolute Gasteiger partial charge is 0.140 e. The minimum absolute atomic E-state index is 0.757. The predicted octanol–water partition coefficient (Wildman–Crippen LogP) is 2.28. The maximum Gasteiger partial charge on any atom is 0.140 e. The molecule has 1 saturated carbocycles. The van der Waals surface area contributed by atoms with Gasteiger partial charge in [0.05, 0.1) is 13.3 Å². The number of aromatic nitrogens is 1. The second-order valence-electron chi connectivity index (χ2n) is 3.33. The third-order valence-electron chi connectivity index (χ3n) is 2.45. The molecular weight excluding hydrogens is 150 g/mol. The van der Waals surface area contributed by atoms with Crippen molar-refractivity contribution in [2.45, 2.75) is 25.7 Å². The van der Waals surface area contributed by atoms with Crippen LogP contribution >= 0.6 is 0 Å². The Bertz CT molecular complexity index is 292. The third kappa shape index (κ3) is 1.17. The molecule has 12 heavy (non-hydrogen) atoms. The molecule has 0 aromatic carbocycles. The molecule has 0 spiro atoms. The van der Waals surface area contributed by atoms with Crippen LogP contribution in [0.4, 0.5) is 0 Å². The van der Waals surface area contributed by atoms with Gasteiger partial charge in [-0.3, -0.25) is 4.98 Å². The Morgan fingerprint density at radius 3 is 2.75 bits per heavy atom. The van der Waals surface area contributed by atoms with E-state index in [-0.39, 0.29) is 0 Å². The molecule has 2 rings (SSSR count). The van der Waals surface area contributed by atoms with Crippen LogP contribution in [-0.2, 0) is 0 Å². The topological polar surface area (TPSA) is 22.1 Å². The molecule has 1 fully saturated rings. The largest absolute Gasteiger partial charge is 0.495 e. The minimum Gasteiger partial charge on any atom is -0.495 e. The molecule has 0 bridgehead atoms. The number of hydrogen-bond donors (Lipinski definition) is 0. The molecule has 2 nitrogen and oxygen atoms in total. The average Bonchev–Trinajstić information content (AvgIpc) is 2.88. The van der Waals surface area contributed by atoms with Crippen LogP contribution < -0.4 is 4.74 Å². The van der Waals surface area contributed by atoms with Gasteiger partial charge in [-0.15, -0.1) is 0 Å². The summed E-state index contributed by atoms with van der Waals surface area (Å²) in [5.41, 5.74) is 2.63. The molecular formula is C10H13NO. The minimum atomic E-state index is 0.757. The monoisotopic (exact) mass is 163 g/mol. The van der Waals surface area contributed by atoms with Crippen molar-refractivity contribution in [2.75, 3.05) is 7.11 Å². The fourth-order valence-electron chi connectivity index (χ4n) is 1.53. The van der Waals surface area contributed by atoms with Crippen LogP contribution in [0.5, 0.6) is 5.75 Å². The van der Waals surface area contributed by atoms with E-state index in [1.54, 1.807) is 13.3 Å². The van der Waals surface area contributed by atoms with Gasteiger partial charge < -0.3 is 4.74 Å². The molecule has 2 heteroatoms. The first-order valence-corrected chi connectivity index (χ1v) is 4.31. The van der Waals surface area contributed by atoms with E-state index in [0.717, 1.165) is 11.7 Å². The van der Waals surface area contributed by atoms with Gasteiger partial charge in [0.15, 0.2) is 0 Å². The van der Waals surface area contributed by atoms with E-state index in [1.807, 2.05) is 6.20 Å². The molecule has 1 aromatic rings. The molecule has 0 amide bonds. The first kappa shape index (κ1) is 7.59. The molecule has 0 N–H and O–H groups in total. The summed E-state index contributed by atoms with van der Waals surface area (Å²) in [5, 5.41) is 0. The van der Waals surface area contributed by atoms with Gasteiger partial charge in [-0.1, -0.05) is 0 Å². The lowest BCUT2D eigenvalue weighted by atomic mass is 10.1. The van der Waals surface area contributed by atoms with Gasteiger partial charge in [-0.25, -0.2) is 0 Å². The second-order valence-corrected chi connectivity index (χ2v) is 3.33. The van der Waals surface area contributed by atoms with Gasteiger partial charge in [0.25, 0.3) is 0 Å². The summed E-state index contributed by atoms with van der Waals surface area (Å²) in [6, 6.07) is 0. The number of rotatable bonds is 2. The zero-order valence-corrected chi connectivity index (χ0v) is 7.50. The molecule has 1 aliphatic rings. The summed E-state index contributed by atoms with van der Waals surface area (Å²) in [6.07, 6.45) is 6.38. The fourth-order valence-corrected chi connectivity index (χ4v) is 1.53. The van der Waals surface area contributed by atoms with Crippen molar-refractivity contribution >= 4 is 0 Å². The molecule has 1 heterocycles. The van der Waals surface area contributed by atoms with Crippen LogP contribution in [-0.4, -0.2) is 12.1 Å². The zero-order chi connectivity index (χ0) is 8.55. The molecule has 0 saturated heterocycles. The van der Waals surface area contributed by atoms with E-state index in [2.05, 4.69) is 11.9 Å². The number of pyridine rings is 1. The Morgan fingerprint density at radius 1 is 1.42 bits per heavy atom. The summed E-state index contributed by atoms with van der Waals surface area (Å²) < 4.78 is 5.20. The third-order valence-corrected chi connectivity index (χ3v) is 2.45. The van der Waals surface area contributed by atoms with Crippen LogP contribution in [0.1, 0.15) is 29.9 Å².